The van der Waals surface area contributed by atoms with Gasteiger partial charge in [0, 0.05) is 23.5 Å². The van der Waals surface area contributed by atoms with Crippen molar-refractivity contribution in [2.45, 2.75) is 76.9 Å². The molecule has 0 amide bonds. The largest absolute Gasteiger partial charge is 0.494 e. The third kappa shape index (κ3) is 8.39. The Labute approximate surface area is 319 Å². The van der Waals surface area contributed by atoms with E-state index in [9.17, 15) is 13.6 Å². The van der Waals surface area contributed by atoms with Crippen LogP contribution in [-0.4, -0.2) is 79.3 Å². The van der Waals surface area contributed by atoms with Gasteiger partial charge < -0.3 is 15.2 Å². The fourth-order valence-corrected chi connectivity index (χ4v) is 10.4. The fourth-order valence-electron chi connectivity index (χ4n) is 8.51. The molecule has 6 aliphatic rings. The molecule has 6 fully saturated rings. The Morgan fingerprint density at radius 1 is 0.827 bits per heavy atom. The molecule has 13 heteroatoms. The monoisotopic (exact) mass is 777 g/mol. The van der Waals surface area contributed by atoms with Gasteiger partial charge in [-0.2, -0.15) is 9.59 Å². The molecule has 8 heterocycles. The molecule has 0 saturated carbocycles. The molecule has 0 aliphatic carbocycles. The fraction of sp³-hybridized carbons (Fsp3) is 0.538. The number of hydrogen-bond donors (Lipinski definition) is 1. The van der Waals surface area contributed by atoms with Gasteiger partial charge in [0.1, 0.15) is 0 Å². The number of nitrogens with zero attached hydrogens (tertiary/aromatic N) is 2. The van der Waals surface area contributed by atoms with Crippen LogP contribution in [0, 0.1) is 29.4 Å². The summed E-state index contributed by atoms with van der Waals surface area (Å²) in [6, 6.07) is 11.1. The highest BCUT2D eigenvalue weighted by Gasteiger charge is 2.48. The van der Waals surface area contributed by atoms with Crippen molar-refractivity contribution in [3.05, 3.63) is 58.3 Å². The smallest absolute Gasteiger partial charge is 0.373 e. The summed E-state index contributed by atoms with van der Waals surface area (Å²) in [6.07, 6.45) is 5.84. The van der Waals surface area contributed by atoms with Gasteiger partial charge >= 0.3 is 6.15 Å². The first-order valence-electron chi connectivity index (χ1n) is 17.5. The van der Waals surface area contributed by atoms with Crippen molar-refractivity contribution in [2.75, 3.05) is 40.4 Å². The summed E-state index contributed by atoms with van der Waals surface area (Å²) >= 11 is 2.64. The molecule has 2 aromatic carbocycles. The Kier molecular flexibility index (Phi) is 14.0. The van der Waals surface area contributed by atoms with Crippen molar-refractivity contribution in [3.63, 3.8) is 0 Å². The molecule has 0 radical (unpaired) electrons. The second kappa shape index (κ2) is 17.5. The Hall–Kier alpha value is -2.96. The number of benzene rings is 2. The van der Waals surface area contributed by atoms with Crippen LogP contribution in [-0.2, 0) is 9.59 Å². The number of fused-ring (bicyclic) bond motifs is 8. The summed E-state index contributed by atoms with van der Waals surface area (Å²) in [6.45, 7) is 13.9. The van der Waals surface area contributed by atoms with E-state index >= 15 is 0 Å². The standard InChI is InChI=1S/C20H24FNO2S.C9H7FOS.C9H18N2.CO2.ClH/c1-20(2)14(12-6-8-22(20)9-7-12)11-15(23)17-10-13-4-5-16(24-3)18(21)19(13)25-17;1-11-7-3-2-6-4-5-12-9(6)8(7)10;1-9(2)8(10)7-3-5-11(9)6-4-7;2-1-3;/h4-5,10,12,14H,6-9,11H2,1-3H3;2-5H,1H3;7-8H,3-6,10H2,1-2H3;;1H/t14-;;8-;;/m1.1../s1. The lowest BCUT2D eigenvalue weighted by molar-refractivity contribution is -0.191. The molecule has 52 heavy (non-hydrogen) atoms. The van der Waals surface area contributed by atoms with Crippen LogP contribution in [0.2, 0.25) is 0 Å². The van der Waals surface area contributed by atoms with Crippen molar-refractivity contribution in [2.24, 2.45) is 23.5 Å². The molecule has 6 aliphatic heterocycles. The SMILES string of the molecule is CC1(C)[C@H](N)C2CCN1CC2.COc1ccc2cc(C(=O)C[C@@H]3C4CCN(CC4)C3(C)C)sc2c1F.COc1ccc2ccsc2c1F.Cl.O=C=O. The predicted octanol–water partition coefficient (Wildman–Crippen LogP) is 8.45. The molecule has 284 valence electrons. The number of carbonyl (C=O) groups excluding carboxylic acids is 3. The number of ether oxygens (including phenoxy) is 2. The molecular formula is C39H50ClF2N3O5S2. The number of hydrogen-bond acceptors (Lipinski definition) is 10. The van der Waals surface area contributed by atoms with Crippen LogP contribution in [0.3, 0.4) is 0 Å². The van der Waals surface area contributed by atoms with Crippen LogP contribution < -0.4 is 15.2 Å². The molecule has 8 nitrogen and oxygen atoms in total. The molecule has 4 bridgehead atoms. The van der Waals surface area contributed by atoms with Crippen molar-refractivity contribution in [1.29, 1.82) is 0 Å². The molecule has 2 N–H and O–H groups in total. The van der Waals surface area contributed by atoms with Crippen LogP contribution in [0.1, 0.15) is 69.5 Å². The minimum Gasteiger partial charge on any atom is -0.494 e. The number of carbonyl (C=O) groups is 1. The maximum atomic E-state index is 14.4. The van der Waals surface area contributed by atoms with Gasteiger partial charge in [-0.1, -0.05) is 0 Å². The van der Waals surface area contributed by atoms with Gasteiger partial charge in [-0.05, 0) is 150 Å². The van der Waals surface area contributed by atoms with Crippen molar-refractivity contribution in [1.82, 2.24) is 9.80 Å². The van der Waals surface area contributed by atoms with Crippen molar-refractivity contribution < 1.29 is 32.6 Å². The molecule has 0 unspecified atom stereocenters. The second-order valence-corrected chi connectivity index (χ2v) is 16.8. The Balaban J connectivity index is 0.000000187. The Bertz CT molecular complexity index is 1860. The van der Waals surface area contributed by atoms with Crippen LogP contribution >= 0.6 is 35.1 Å². The van der Waals surface area contributed by atoms with Gasteiger partial charge in [0.15, 0.2) is 28.9 Å². The first-order chi connectivity index (χ1) is 24.3. The topological polar surface area (TPSA) is 102 Å². The zero-order valence-electron chi connectivity index (χ0n) is 30.7. The lowest BCUT2D eigenvalue weighted by Crippen LogP contribution is -2.67. The van der Waals surface area contributed by atoms with Crippen LogP contribution in [0.15, 0.2) is 41.8 Å². The number of piperidine rings is 6. The summed E-state index contributed by atoms with van der Waals surface area (Å²) in [5.74, 6) is 1.87. The highest BCUT2D eigenvalue weighted by atomic mass is 35.5. The predicted molar refractivity (Wildman–Crippen MR) is 206 cm³/mol. The number of rotatable bonds is 5. The van der Waals surface area contributed by atoms with Crippen molar-refractivity contribution in [3.8, 4) is 11.5 Å². The van der Waals surface area contributed by atoms with Gasteiger partial charge in [0.05, 0.1) is 28.5 Å². The number of thiophene rings is 2. The minimum atomic E-state index is -0.368. The minimum absolute atomic E-state index is 0. The van der Waals surface area contributed by atoms with Crippen LogP contribution in [0.4, 0.5) is 8.78 Å². The number of Topliss-reactive ketones (excluding diaryl/α,β-unsaturated/α-hetero) is 1. The zero-order chi connectivity index (χ0) is 37.1. The van der Waals surface area contributed by atoms with Gasteiger partial charge in [-0.15, -0.1) is 35.1 Å². The summed E-state index contributed by atoms with van der Waals surface area (Å²) in [4.78, 5) is 34.9. The molecule has 6 saturated heterocycles. The summed E-state index contributed by atoms with van der Waals surface area (Å²) in [5, 5.41) is 3.57. The Morgan fingerprint density at radius 2 is 1.33 bits per heavy atom. The third-order valence-electron chi connectivity index (χ3n) is 11.7. The molecule has 2 aromatic heterocycles. The van der Waals surface area contributed by atoms with Gasteiger partial charge in [0.25, 0.3) is 0 Å². The molecular weight excluding hydrogens is 728 g/mol. The summed E-state index contributed by atoms with van der Waals surface area (Å²) in [5.41, 5.74) is 6.49. The first-order valence-corrected chi connectivity index (χ1v) is 19.2. The third-order valence-corrected chi connectivity index (χ3v) is 13.9. The second-order valence-electron chi connectivity index (χ2n) is 14.8. The number of methoxy groups -OCH3 is 2. The van der Waals surface area contributed by atoms with E-state index in [2.05, 4.69) is 37.5 Å². The molecule has 4 aromatic rings. The highest BCUT2D eigenvalue weighted by Crippen LogP contribution is 2.46. The lowest BCUT2D eigenvalue weighted by atomic mass is 9.65. The van der Waals surface area contributed by atoms with E-state index in [-0.39, 0.29) is 52.8 Å². The highest BCUT2D eigenvalue weighted by molar-refractivity contribution is 7.20. The van der Waals surface area contributed by atoms with Gasteiger partial charge in [-0.25, -0.2) is 8.78 Å². The number of ketones is 1. The van der Waals surface area contributed by atoms with E-state index in [1.54, 1.807) is 12.1 Å². The van der Waals surface area contributed by atoms with Gasteiger partial charge in [-0.3, -0.25) is 14.6 Å². The zero-order valence-corrected chi connectivity index (χ0v) is 33.2. The summed E-state index contributed by atoms with van der Waals surface area (Å²) < 4.78 is 38.9. The quantitative estimate of drug-likeness (QED) is 0.202. The number of nitrogens with two attached hydrogens (primary N) is 1. The average Bonchev–Trinajstić information content (AvgIpc) is 3.79. The van der Waals surface area contributed by atoms with Crippen LogP contribution in [0.25, 0.3) is 20.2 Å². The van der Waals surface area contributed by atoms with E-state index in [1.807, 2.05) is 29.6 Å². The van der Waals surface area contributed by atoms with Crippen molar-refractivity contribution >= 4 is 67.2 Å². The van der Waals surface area contributed by atoms with E-state index in [0.717, 1.165) is 29.8 Å². The number of halogens is 3. The molecule has 0 spiro atoms. The molecule has 10 rings (SSSR count). The van der Waals surface area contributed by atoms with E-state index in [0.29, 0.717) is 44.3 Å². The average molecular weight is 778 g/mol. The van der Waals surface area contributed by atoms with Gasteiger partial charge in [0.2, 0.25) is 0 Å². The van der Waals surface area contributed by atoms with Crippen LogP contribution in [0.5, 0.6) is 11.5 Å². The molecule has 2 atom stereocenters. The first kappa shape index (κ1) is 41.8. The maximum absolute atomic E-state index is 14.4. The van der Waals surface area contributed by atoms with E-state index in [4.69, 9.17) is 24.8 Å². The maximum Gasteiger partial charge on any atom is 0.373 e. The normalized spacial score (nSPS) is 25.9. The summed E-state index contributed by atoms with van der Waals surface area (Å²) in [7, 11) is 2.93. The lowest BCUT2D eigenvalue weighted by Gasteiger charge is -2.56. The van der Waals surface area contributed by atoms with E-state index in [1.165, 1.54) is 75.7 Å². The Morgan fingerprint density at radius 3 is 1.81 bits per heavy atom. The van der Waals surface area contributed by atoms with E-state index < -0.39 is 0 Å².